The number of amides is 1. The fourth-order valence-corrected chi connectivity index (χ4v) is 1.35. The lowest BCUT2D eigenvalue weighted by molar-refractivity contribution is -0.123. The molecule has 1 rings (SSSR count). The first kappa shape index (κ1) is 14.0. The first-order chi connectivity index (χ1) is 8.31. The molecular weight excluding hydrogens is 230 g/mol. The Hall–Kier alpha value is -2.03. The highest BCUT2D eigenvalue weighted by molar-refractivity contribution is 5.95. The molecule has 0 aromatic carbocycles. The van der Waals surface area contributed by atoms with Gasteiger partial charge in [-0.05, 0) is 6.42 Å². The van der Waals surface area contributed by atoms with E-state index in [1.165, 1.54) is 4.68 Å². The molecule has 6 nitrogen and oxygen atoms in total. The van der Waals surface area contributed by atoms with Crippen molar-refractivity contribution in [2.75, 3.05) is 11.1 Å². The SMILES string of the molecule is CCCn1nc(NC(=O)C(C)(C)C)c(C#N)c1N. The molecule has 0 aliphatic heterocycles. The van der Waals surface area contributed by atoms with Crippen LogP contribution >= 0.6 is 0 Å². The van der Waals surface area contributed by atoms with Gasteiger partial charge in [0.2, 0.25) is 5.91 Å². The Morgan fingerprint density at radius 3 is 2.61 bits per heavy atom. The molecule has 1 amide bonds. The van der Waals surface area contributed by atoms with Gasteiger partial charge in [-0.25, -0.2) is 4.68 Å². The smallest absolute Gasteiger partial charge is 0.230 e. The number of aryl methyl sites for hydroxylation is 1. The number of nitrogens with two attached hydrogens (primary N) is 1. The number of nitrogens with one attached hydrogen (secondary N) is 1. The summed E-state index contributed by atoms with van der Waals surface area (Å²) in [6.07, 6.45) is 0.851. The first-order valence-corrected chi connectivity index (χ1v) is 5.89. The zero-order chi connectivity index (χ0) is 13.9. The molecule has 0 saturated heterocycles. The van der Waals surface area contributed by atoms with Gasteiger partial charge in [-0.1, -0.05) is 27.7 Å². The van der Waals surface area contributed by atoms with Gasteiger partial charge >= 0.3 is 0 Å². The van der Waals surface area contributed by atoms with E-state index in [0.717, 1.165) is 6.42 Å². The molecule has 1 aromatic heterocycles. The van der Waals surface area contributed by atoms with Gasteiger partial charge in [0, 0.05) is 12.0 Å². The van der Waals surface area contributed by atoms with E-state index >= 15 is 0 Å². The van der Waals surface area contributed by atoms with E-state index in [9.17, 15) is 4.79 Å². The summed E-state index contributed by atoms with van der Waals surface area (Å²) in [7, 11) is 0. The van der Waals surface area contributed by atoms with Gasteiger partial charge < -0.3 is 11.1 Å². The summed E-state index contributed by atoms with van der Waals surface area (Å²) in [5, 5.41) is 15.9. The van der Waals surface area contributed by atoms with Gasteiger partial charge in [-0.15, -0.1) is 0 Å². The van der Waals surface area contributed by atoms with Crippen molar-refractivity contribution in [3.63, 3.8) is 0 Å². The minimum atomic E-state index is -0.546. The molecule has 0 saturated carbocycles. The zero-order valence-corrected chi connectivity index (χ0v) is 11.2. The number of carbonyl (C=O) groups excluding carboxylic acids is 1. The van der Waals surface area contributed by atoms with Crippen LogP contribution in [0.25, 0.3) is 0 Å². The van der Waals surface area contributed by atoms with Crippen LogP contribution in [0.5, 0.6) is 0 Å². The molecule has 0 radical (unpaired) electrons. The van der Waals surface area contributed by atoms with Gasteiger partial charge in [0.25, 0.3) is 0 Å². The topological polar surface area (TPSA) is 96.7 Å². The molecular formula is C12H19N5O. The number of carbonyl (C=O) groups is 1. The van der Waals surface area contributed by atoms with Crippen LogP contribution in [0, 0.1) is 16.7 Å². The van der Waals surface area contributed by atoms with Crippen molar-refractivity contribution in [1.29, 1.82) is 5.26 Å². The lowest BCUT2D eigenvalue weighted by Gasteiger charge is -2.16. The second-order valence-corrected chi connectivity index (χ2v) is 5.15. The van der Waals surface area contributed by atoms with Crippen molar-refractivity contribution in [2.24, 2.45) is 5.41 Å². The van der Waals surface area contributed by atoms with Crippen molar-refractivity contribution in [2.45, 2.75) is 40.7 Å². The molecule has 3 N–H and O–H groups in total. The molecule has 1 aromatic rings. The van der Waals surface area contributed by atoms with Crippen LogP contribution in [0.2, 0.25) is 0 Å². The third-order valence-electron chi connectivity index (χ3n) is 2.45. The summed E-state index contributed by atoms with van der Waals surface area (Å²) in [6.45, 7) is 7.98. The molecule has 6 heteroatoms. The summed E-state index contributed by atoms with van der Waals surface area (Å²) >= 11 is 0. The van der Waals surface area contributed by atoms with Gasteiger partial charge in [-0.3, -0.25) is 4.79 Å². The van der Waals surface area contributed by atoms with E-state index in [-0.39, 0.29) is 17.3 Å². The summed E-state index contributed by atoms with van der Waals surface area (Å²) in [5.74, 6) is 0.340. The maximum Gasteiger partial charge on any atom is 0.230 e. The van der Waals surface area contributed by atoms with Crippen molar-refractivity contribution < 1.29 is 4.79 Å². The van der Waals surface area contributed by atoms with E-state index in [2.05, 4.69) is 10.4 Å². The molecule has 0 unspecified atom stereocenters. The van der Waals surface area contributed by atoms with Crippen molar-refractivity contribution in [3.8, 4) is 6.07 Å². The number of anilines is 2. The molecule has 0 bridgehead atoms. The van der Waals surface area contributed by atoms with Crippen LogP contribution in [0.15, 0.2) is 0 Å². The number of rotatable bonds is 3. The number of nitrogen functional groups attached to an aromatic ring is 1. The normalized spacial score (nSPS) is 11.1. The molecule has 98 valence electrons. The minimum Gasteiger partial charge on any atom is -0.383 e. The lowest BCUT2D eigenvalue weighted by atomic mass is 9.96. The molecule has 1 heterocycles. The highest BCUT2D eigenvalue weighted by atomic mass is 16.2. The molecule has 0 fully saturated rings. The summed E-state index contributed by atoms with van der Waals surface area (Å²) in [5.41, 5.74) is 5.49. The predicted octanol–water partition coefficient (Wildman–Crippen LogP) is 1.73. The average Bonchev–Trinajstić information content (AvgIpc) is 2.54. The fourth-order valence-electron chi connectivity index (χ4n) is 1.35. The Morgan fingerprint density at radius 1 is 1.56 bits per heavy atom. The molecule has 0 atom stereocenters. The van der Waals surface area contributed by atoms with Crippen LogP contribution in [0.1, 0.15) is 39.7 Å². The Morgan fingerprint density at radius 2 is 2.17 bits per heavy atom. The van der Waals surface area contributed by atoms with Gasteiger partial charge in [0.15, 0.2) is 5.82 Å². The van der Waals surface area contributed by atoms with E-state index in [1.54, 1.807) is 20.8 Å². The largest absolute Gasteiger partial charge is 0.383 e. The van der Waals surface area contributed by atoms with Crippen LogP contribution in [0.3, 0.4) is 0 Å². The Kier molecular flexibility index (Phi) is 3.96. The van der Waals surface area contributed by atoms with Crippen molar-refractivity contribution >= 4 is 17.5 Å². The second-order valence-electron chi connectivity index (χ2n) is 5.15. The summed E-state index contributed by atoms with van der Waals surface area (Å²) in [6, 6.07) is 1.98. The second kappa shape index (κ2) is 5.08. The van der Waals surface area contributed by atoms with Crippen molar-refractivity contribution in [3.05, 3.63) is 5.56 Å². The maximum atomic E-state index is 11.9. The third kappa shape index (κ3) is 2.80. The van der Waals surface area contributed by atoms with Gasteiger partial charge in [-0.2, -0.15) is 10.4 Å². The maximum absolute atomic E-state index is 11.9. The van der Waals surface area contributed by atoms with Crippen molar-refractivity contribution in [1.82, 2.24) is 9.78 Å². The number of hydrogen-bond donors (Lipinski definition) is 2. The zero-order valence-electron chi connectivity index (χ0n) is 11.2. The molecule has 18 heavy (non-hydrogen) atoms. The average molecular weight is 249 g/mol. The quantitative estimate of drug-likeness (QED) is 0.852. The molecule has 0 aliphatic rings. The lowest BCUT2D eigenvalue weighted by Crippen LogP contribution is -2.28. The third-order valence-corrected chi connectivity index (χ3v) is 2.45. The van der Waals surface area contributed by atoms with E-state index < -0.39 is 5.41 Å². The minimum absolute atomic E-state index is 0.194. The van der Waals surface area contributed by atoms with E-state index in [4.69, 9.17) is 11.0 Å². The van der Waals surface area contributed by atoms with Gasteiger partial charge in [0.05, 0.1) is 0 Å². The Labute approximate surface area is 107 Å². The van der Waals surface area contributed by atoms with E-state index in [0.29, 0.717) is 12.4 Å². The summed E-state index contributed by atoms with van der Waals surface area (Å²) < 4.78 is 1.54. The number of nitrogens with zero attached hydrogens (tertiary/aromatic N) is 3. The molecule has 0 aliphatic carbocycles. The summed E-state index contributed by atoms with van der Waals surface area (Å²) in [4.78, 5) is 11.9. The Balaban J connectivity index is 3.07. The first-order valence-electron chi connectivity index (χ1n) is 5.89. The number of aromatic nitrogens is 2. The van der Waals surface area contributed by atoms with Crippen LogP contribution in [0.4, 0.5) is 11.6 Å². The van der Waals surface area contributed by atoms with E-state index in [1.807, 2.05) is 13.0 Å². The highest BCUT2D eigenvalue weighted by Crippen LogP contribution is 2.23. The monoisotopic (exact) mass is 249 g/mol. The van der Waals surface area contributed by atoms with Crippen LogP contribution < -0.4 is 11.1 Å². The number of nitriles is 1. The highest BCUT2D eigenvalue weighted by Gasteiger charge is 2.24. The molecule has 0 spiro atoms. The Bertz CT molecular complexity index is 490. The van der Waals surface area contributed by atoms with Crippen LogP contribution in [-0.2, 0) is 11.3 Å². The predicted molar refractivity (Wildman–Crippen MR) is 69.7 cm³/mol. The van der Waals surface area contributed by atoms with Crippen LogP contribution in [-0.4, -0.2) is 15.7 Å². The van der Waals surface area contributed by atoms with Gasteiger partial charge in [0.1, 0.15) is 17.5 Å². The fraction of sp³-hybridized carbons (Fsp3) is 0.583. The standard InChI is InChI=1S/C12H19N5O/c1-5-6-17-9(14)8(7-13)10(16-17)15-11(18)12(2,3)4/h5-6,14H2,1-4H3,(H,15,16,18). The number of hydrogen-bond acceptors (Lipinski definition) is 4.